The smallest absolute Gasteiger partial charge is 0.462 e. The van der Waals surface area contributed by atoms with Gasteiger partial charge >= 0.3 is 39.5 Å². The number of esters is 4. The van der Waals surface area contributed by atoms with E-state index < -0.39 is 97.5 Å². The zero-order chi connectivity index (χ0) is 72.3. The van der Waals surface area contributed by atoms with E-state index in [4.69, 9.17) is 37.0 Å². The summed E-state index contributed by atoms with van der Waals surface area (Å²) in [6.07, 6.45) is 56.8. The van der Waals surface area contributed by atoms with Crippen LogP contribution in [0.3, 0.4) is 0 Å². The van der Waals surface area contributed by atoms with Gasteiger partial charge in [0.2, 0.25) is 0 Å². The molecule has 0 rings (SSSR count). The highest BCUT2D eigenvalue weighted by atomic mass is 31.2. The summed E-state index contributed by atoms with van der Waals surface area (Å²) in [5.74, 6) is 0.244. The van der Waals surface area contributed by atoms with Gasteiger partial charge in [0.15, 0.2) is 12.2 Å². The van der Waals surface area contributed by atoms with Crippen molar-refractivity contribution in [3.8, 4) is 0 Å². The van der Waals surface area contributed by atoms with Crippen molar-refractivity contribution in [3.63, 3.8) is 0 Å². The van der Waals surface area contributed by atoms with Gasteiger partial charge in [0, 0.05) is 25.7 Å². The fourth-order valence-corrected chi connectivity index (χ4v) is 13.7. The molecule has 0 amide bonds. The predicted molar refractivity (Wildman–Crippen MR) is 400 cm³/mol. The fraction of sp³-hybridized carbons (Fsp3) is 0.949. The number of carbonyl (C=O) groups excluding carboxylic acids is 4. The zero-order valence-corrected chi connectivity index (χ0v) is 66.0. The number of phosphoric acid groups is 2. The largest absolute Gasteiger partial charge is 0.472 e. The summed E-state index contributed by atoms with van der Waals surface area (Å²) in [6, 6.07) is 0. The lowest BCUT2D eigenvalue weighted by atomic mass is 10.0. The number of phosphoric ester groups is 2. The molecule has 0 aromatic rings. The van der Waals surface area contributed by atoms with Gasteiger partial charge in [-0.1, -0.05) is 357 Å². The molecular weight excluding hydrogens is 1280 g/mol. The van der Waals surface area contributed by atoms with Crippen LogP contribution in [-0.2, 0) is 65.4 Å². The highest BCUT2D eigenvalue weighted by molar-refractivity contribution is 7.47. The van der Waals surface area contributed by atoms with Gasteiger partial charge < -0.3 is 33.8 Å². The molecule has 0 aromatic carbocycles. The normalized spacial score (nSPS) is 14.0. The number of rotatable bonds is 77. The van der Waals surface area contributed by atoms with Gasteiger partial charge in [-0.25, -0.2) is 9.13 Å². The molecule has 98 heavy (non-hydrogen) atoms. The van der Waals surface area contributed by atoms with Crippen LogP contribution in [0, 0.1) is 17.8 Å². The highest BCUT2D eigenvalue weighted by Gasteiger charge is 2.30. The van der Waals surface area contributed by atoms with Gasteiger partial charge in [0.25, 0.3) is 0 Å². The molecule has 582 valence electrons. The standard InChI is InChI=1S/C79H154O17P2/c1-8-9-10-11-12-13-32-39-46-53-60-76(81)89-66-74(96-79(84)63-56-49-42-35-28-22-25-31-38-45-52-59-72(6)7)68-93-97(85,86)91-64-73(80)65-92-98(87,88)94-69-75(67-90-77(82)61-54-47-40-33-26-21-20-24-30-37-44-51-58-71(4)5)95-78(83)62-55-48-41-34-27-19-17-15-14-16-18-23-29-36-43-50-57-70(2)3/h70-75,80H,8-69H2,1-7H3,(H,85,86)(H,87,88)/t73-,74+,75+/m0/s1. The van der Waals surface area contributed by atoms with Crippen LogP contribution in [0.15, 0.2) is 0 Å². The van der Waals surface area contributed by atoms with E-state index in [2.05, 4.69) is 48.5 Å². The minimum atomic E-state index is -4.96. The Morgan fingerprint density at radius 1 is 0.276 bits per heavy atom. The Hall–Kier alpha value is -1.94. The molecule has 2 unspecified atom stereocenters. The van der Waals surface area contributed by atoms with Crippen molar-refractivity contribution in [1.82, 2.24) is 0 Å². The van der Waals surface area contributed by atoms with Crippen LogP contribution in [0.5, 0.6) is 0 Å². The third-order valence-corrected chi connectivity index (χ3v) is 20.3. The van der Waals surface area contributed by atoms with Crippen LogP contribution in [0.2, 0.25) is 0 Å². The summed E-state index contributed by atoms with van der Waals surface area (Å²) in [4.78, 5) is 72.9. The molecule has 0 aromatic heterocycles. The van der Waals surface area contributed by atoms with Crippen molar-refractivity contribution in [2.24, 2.45) is 17.8 Å². The Morgan fingerprint density at radius 2 is 0.469 bits per heavy atom. The van der Waals surface area contributed by atoms with Crippen molar-refractivity contribution in [1.29, 1.82) is 0 Å². The molecule has 0 saturated heterocycles. The predicted octanol–water partition coefficient (Wildman–Crippen LogP) is 23.4. The minimum Gasteiger partial charge on any atom is -0.462 e. The number of unbranched alkanes of at least 4 members (excludes halogenated alkanes) is 45. The van der Waals surface area contributed by atoms with Crippen LogP contribution in [-0.4, -0.2) is 96.7 Å². The Kier molecular flexibility index (Phi) is 68.1. The molecule has 0 saturated carbocycles. The molecule has 0 fully saturated rings. The molecule has 0 radical (unpaired) electrons. The summed E-state index contributed by atoms with van der Waals surface area (Å²) in [5, 5.41) is 10.6. The van der Waals surface area contributed by atoms with E-state index >= 15 is 0 Å². The van der Waals surface area contributed by atoms with E-state index in [1.54, 1.807) is 0 Å². The Bertz CT molecular complexity index is 1900. The second kappa shape index (κ2) is 69.4. The van der Waals surface area contributed by atoms with Crippen LogP contribution in [0.1, 0.15) is 408 Å². The van der Waals surface area contributed by atoms with Gasteiger partial charge in [0.05, 0.1) is 26.4 Å². The van der Waals surface area contributed by atoms with Crippen LogP contribution >= 0.6 is 15.6 Å². The minimum absolute atomic E-state index is 0.106. The van der Waals surface area contributed by atoms with E-state index in [0.717, 1.165) is 108 Å². The summed E-state index contributed by atoms with van der Waals surface area (Å²) >= 11 is 0. The third-order valence-electron chi connectivity index (χ3n) is 18.4. The van der Waals surface area contributed by atoms with Crippen molar-refractivity contribution in [3.05, 3.63) is 0 Å². The van der Waals surface area contributed by atoms with Crippen molar-refractivity contribution < 1.29 is 80.2 Å². The zero-order valence-electron chi connectivity index (χ0n) is 64.3. The molecule has 5 atom stereocenters. The van der Waals surface area contributed by atoms with Gasteiger partial charge in [-0.05, 0) is 43.4 Å². The first kappa shape index (κ1) is 96.1. The molecule has 17 nitrogen and oxygen atoms in total. The second-order valence-corrected chi connectivity index (χ2v) is 32.8. The fourth-order valence-electron chi connectivity index (χ4n) is 12.1. The Labute approximate surface area is 600 Å². The first-order valence-corrected chi connectivity index (χ1v) is 43.8. The first-order chi connectivity index (χ1) is 47.2. The molecular formula is C79H154O17P2. The Balaban J connectivity index is 5.24. The molecule has 0 aliphatic rings. The topological polar surface area (TPSA) is 237 Å². The third kappa shape index (κ3) is 72.4. The lowest BCUT2D eigenvalue weighted by Gasteiger charge is -2.21. The van der Waals surface area contributed by atoms with Gasteiger partial charge in [0.1, 0.15) is 19.3 Å². The molecule has 0 aliphatic heterocycles. The van der Waals surface area contributed by atoms with Gasteiger partial charge in [-0.15, -0.1) is 0 Å². The number of ether oxygens (including phenoxy) is 4. The summed E-state index contributed by atoms with van der Waals surface area (Å²) < 4.78 is 68.6. The van der Waals surface area contributed by atoms with Crippen molar-refractivity contribution in [2.45, 2.75) is 426 Å². The quantitative estimate of drug-likeness (QED) is 0.0222. The van der Waals surface area contributed by atoms with Crippen LogP contribution in [0.25, 0.3) is 0 Å². The van der Waals surface area contributed by atoms with Crippen molar-refractivity contribution in [2.75, 3.05) is 39.6 Å². The van der Waals surface area contributed by atoms with E-state index in [1.807, 2.05) is 0 Å². The Morgan fingerprint density at radius 3 is 0.694 bits per heavy atom. The number of hydrogen-bond donors (Lipinski definition) is 3. The molecule has 0 aliphatic carbocycles. The number of aliphatic hydroxyl groups excluding tert-OH is 1. The van der Waals surface area contributed by atoms with Gasteiger partial charge in [-0.2, -0.15) is 0 Å². The average molecular weight is 1440 g/mol. The van der Waals surface area contributed by atoms with Crippen molar-refractivity contribution >= 4 is 39.5 Å². The van der Waals surface area contributed by atoms with E-state index in [9.17, 15) is 43.2 Å². The van der Waals surface area contributed by atoms with Gasteiger partial charge in [-0.3, -0.25) is 37.3 Å². The van der Waals surface area contributed by atoms with Crippen LogP contribution in [0.4, 0.5) is 0 Å². The summed E-state index contributed by atoms with van der Waals surface area (Å²) in [5.41, 5.74) is 0. The average Bonchev–Trinajstić information content (AvgIpc) is 1.19. The maximum Gasteiger partial charge on any atom is 0.472 e. The highest BCUT2D eigenvalue weighted by Crippen LogP contribution is 2.45. The molecule has 0 heterocycles. The van der Waals surface area contributed by atoms with E-state index in [1.165, 1.54) is 218 Å². The number of aliphatic hydroxyl groups is 1. The molecule has 19 heteroatoms. The first-order valence-electron chi connectivity index (χ1n) is 40.8. The second-order valence-electron chi connectivity index (χ2n) is 29.9. The maximum absolute atomic E-state index is 13.1. The summed E-state index contributed by atoms with van der Waals surface area (Å²) in [7, 11) is -9.92. The maximum atomic E-state index is 13.1. The van der Waals surface area contributed by atoms with Crippen LogP contribution < -0.4 is 0 Å². The lowest BCUT2D eigenvalue weighted by molar-refractivity contribution is -0.161. The van der Waals surface area contributed by atoms with E-state index in [-0.39, 0.29) is 25.7 Å². The monoisotopic (exact) mass is 1440 g/mol. The SMILES string of the molecule is CCCCCCCCCCCCC(=O)OC[C@H](COP(=O)(O)OC[C@H](O)COP(=O)(O)OC[C@@H](COC(=O)CCCCCCCCCCCCCCC(C)C)OC(=O)CCCCCCCCCCCCCCCCCCC(C)C)OC(=O)CCCCCCCCCCCCCC(C)C. The summed E-state index contributed by atoms with van der Waals surface area (Å²) in [6.45, 7) is 12.0. The molecule has 0 spiro atoms. The molecule has 0 bridgehead atoms. The number of hydrogen-bond acceptors (Lipinski definition) is 15. The number of carbonyl (C=O) groups is 4. The lowest BCUT2D eigenvalue weighted by Crippen LogP contribution is -2.30. The molecule has 3 N–H and O–H groups in total. The van der Waals surface area contributed by atoms with E-state index in [0.29, 0.717) is 25.7 Å².